The van der Waals surface area contributed by atoms with E-state index in [0.717, 1.165) is 10.0 Å². The van der Waals surface area contributed by atoms with Gasteiger partial charge in [0, 0.05) is 21.7 Å². The highest BCUT2D eigenvalue weighted by Crippen LogP contribution is 2.38. The third-order valence-electron chi connectivity index (χ3n) is 4.36. The van der Waals surface area contributed by atoms with Crippen LogP contribution < -0.4 is 14.2 Å². The Hall–Kier alpha value is -2.84. The lowest BCUT2D eigenvalue weighted by Gasteiger charge is -2.20. The summed E-state index contributed by atoms with van der Waals surface area (Å²) in [6.07, 6.45) is 1.44. The van der Waals surface area contributed by atoms with Gasteiger partial charge in [0.15, 0.2) is 19.2 Å². The summed E-state index contributed by atoms with van der Waals surface area (Å²) in [5.41, 5.74) is 2.02. The Balaban J connectivity index is 1.54. The van der Waals surface area contributed by atoms with E-state index in [9.17, 15) is 9.59 Å². The summed E-state index contributed by atoms with van der Waals surface area (Å²) in [6.45, 7) is 3.89. The lowest BCUT2D eigenvalue weighted by Crippen LogP contribution is -2.18. The number of carbonyl (C=O) groups is 2. The number of ether oxygens (including phenoxy) is 5. The Morgan fingerprint density at radius 3 is 2.90 bits per heavy atom. The third kappa shape index (κ3) is 4.34. The van der Waals surface area contributed by atoms with Crippen LogP contribution in [0.1, 0.15) is 35.3 Å². The summed E-state index contributed by atoms with van der Waals surface area (Å²) < 4.78 is 28.0. The number of hydrogen-bond donors (Lipinski definition) is 0. The second-order valence-corrected chi connectivity index (χ2v) is 7.93. The number of hydrogen-bond acceptors (Lipinski definition) is 7. The summed E-state index contributed by atoms with van der Waals surface area (Å²) in [5, 5.41) is 0. The van der Waals surface area contributed by atoms with Crippen LogP contribution in [0, 0.1) is 0 Å². The van der Waals surface area contributed by atoms with E-state index in [0.29, 0.717) is 35.0 Å². The lowest BCUT2D eigenvalue weighted by molar-refractivity contribution is -0.149. The molecule has 2 heterocycles. The first-order valence-corrected chi connectivity index (χ1v) is 10.1. The summed E-state index contributed by atoms with van der Waals surface area (Å²) in [5.74, 6) is 0.912. The zero-order valence-electron chi connectivity index (χ0n) is 16.4. The Bertz CT molecular complexity index is 1040. The van der Waals surface area contributed by atoms with E-state index >= 15 is 0 Å². The maximum absolute atomic E-state index is 12.8. The Kier molecular flexibility index (Phi) is 5.78. The summed E-state index contributed by atoms with van der Waals surface area (Å²) in [4.78, 5) is 24.4. The van der Waals surface area contributed by atoms with Crippen LogP contribution in [0.2, 0.25) is 0 Å². The standard InChI is InChI=1S/C22H19BrO7/c1-12(2)29-20(24)10-27-16-3-4-17-18(8-16)30-19(21(17)25)7-13-5-15(23)6-14-9-26-11-28-22(13)14/h3-8,12H,9-11H2,1-2H3/b19-7-. The van der Waals surface area contributed by atoms with Crippen LogP contribution in [0.5, 0.6) is 17.2 Å². The maximum atomic E-state index is 12.8. The molecule has 0 atom stereocenters. The molecule has 0 saturated carbocycles. The molecule has 2 aliphatic rings. The predicted molar refractivity (Wildman–Crippen MR) is 111 cm³/mol. The van der Waals surface area contributed by atoms with E-state index in [-0.39, 0.29) is 31.0 Å². The number of ketones is 1. The minimum absolute atomic E-state index is 0.153. The zero-order chi connectivity index (χ0) is 21.3. The molecular weight excluding hydrogens is 456 g/mol. The first-order chi connectivity index (χ1) is 14.4. The number of carbonyl (C=O) groups excluding carboxylic acids is 2. The minimum atomic E-state index is -0.466. The summed E-state index contributed by atoms with van der Waals surface area (Å²) >= 11 is 3.47. The minimum Gasteiger partial charge on any atom is -0.482 e. The molecule has 0 amide bonds. The molecule has 0 saturated heterocycles. The molecule has 0 N–H and O–H groups in total. The van der Waals surface area contributed by atoms with Crippen molar-refractivity contribution in [2.45, 2.75) is 26.6 Å². The van der Waals surface area contributed by atoms with Crippen LogP contribution >= 0.6 is 15.9 Å². The van der Waals surface area contributed by atoms with Crippen LogP contribution in [-0.2, 0) is 20.9 Å². The zero-order valence-corrected chi connectivity index (χ0v) is 18.0. The third-order valence-corrected chi connectivity index (χ3v) is 4.81. The molecular formula is C22H19BrO7. The number of benzene rings is 2. The first kappa shape index (κ1) is 20.4. The SMILES string of the molecule is CC(C)OC(=O)COc1ccc2c(c1)O/C(=C\c1cc(Br)cc3c1OCOC3)C2=O. The molecule has 0 aromatic heterocycles. The first-order valence-electron chi connectivity index (χ1n) is 9.34. The fraction of sp³-hybridized carbons (Fsp3) is 0.273. The number of esters is 1. The van der Waals surface area contributed by atoms with E-state index in [4.69, 9.17) is 23.7 Å². The highest BCUT2D eigenvalue weighted by molar-refractivity contribution is 9.10. The molecule has 0 aliphatic carbocycles. The van der Waals surface area contributed by atoms with Crippen LogP contribution in [-0.4, -0.2) is 31.3 Å². The van der Waals surface area contributed by atoms with Crippen molar-refractivity contribution in [3.63, 3.8) is 0 Å². The van der Waals surface area contributed by atoms with Crippen molar-refractivity contribution < 1.29 is 33.3 Å². The molecule has 8 heteroatoms. The molecule has 156 valence electrons. The van der Waals surface area contributed by atoms with Crippen molar-refractivity contribution in [1.29, 1.82) is 0 Å². The van der Waals surface area contributed by atoms with Crippen molar-refractivity contribution in [3.05, 3.63) is 57.3 Å². The Labute approximate surface area is 181 Å². The highest BCUT2D eigenvalue weighted by atomic mass is 79.9. The molecule has 0 spiro atoms. The average Bonchev–Trinajstić information content (AvgIpc) is 3.00. The van der Waals surface area contributed by atoms with Gasteiger partial charge in [-0.1, -0.05) is 15.9 Å². The smallest absolute Gasteiger partial charge is 0.344 e. The Morgan fingerprint density at radius 1 is 1.27 bits per heavy atom. The molecule has 4 rings (SSSR count). The monoisotopic (exact) mass is 474 g/mol. The fourth-order valence-electron chi connectivity index (χ4n) is 3.15. The Morgan fingerprint density at radius 2 is 2.10 bits per heavy atom. The van der Waals surface area contributed by atoms with E-state index < -0.39 is 5.97 Å². The highest BCUT2D eigenvalue weighted by Gasteiger charge is 2.29. The van der Waals surface area contributed by atoms with E-state index in [1.54, 1.807) is 38.1 Å². The second kappa shape index (κ2) is 8.49. The molecule has 0 fully saturated rings. The number of allylic oxidation sites excluding steroid dienone is 1. The van der Waals surface area contributed by atoms with Gasteiger partial charge in [-0.15, -0.1) is 0 Å². The molecule has 30 heavy (non-hydrogen) atoms. The second-order valence-electron chi connectivity index (χ2n) is 7.02. The molecule has 0 unspecified atom stereocenters. The van der Waals surface area contributed by atoms with E-state index in [2.05, 4.69) is 15.9 Å². The van der Waals surface area contributed by atoms with Gasteiger partial charge in [0.1, 0.15) is 17.2 Å². The molecule has 2 aliphatic heterocycles. The van der Waals surface area contributed by atoms with Gasteiger partial charge in [0.25, 0.3) is 0 Å². The van der Waals surface area contributed by atoms with Gasteiger partial charge in [0.05, 0.1) is 18.3 Å². The predicted octanol–water partition coefficient (Wildman–Crippen LogP) is 4.26. The molecule has 2 aromatic carbocycles. The normalized spacial score (nSPS) is 16.0. The molecule has 0 bridgehead atoms. The number of halogens is 1. The number of rotatable bonds is 5. The van der Waals surface area contributed by atoms with Crippen molar-refractivity contribution in [2.24, 2.45) is 0 Å². The topological polar surface area (TPSA) is 80.3 Å². The van der Waals surface area contributed by atoms with Gasteiger partial charge in [-0.25, -0.2) is 4.79 Å². The van der Waals surface area contributed by atoms with Gasteiger partial charge in [-0.05, 0) is 44.2 Å². The fourth-order valence-corrected chi connectivity index (χ4v) is 3.68. The van der Waals surface area contributed by atoms with Gasteiger partial charge < -0.3 is 23.7 Å². The van der Waals surface area contributed by atoms with Crippen LogP contribution in [0.4, 0.5) is 0 Å². The molecule has 0 radical (unpaired) electrons. The van der Waals surface area contributed by atoms with Gasteiger partial charge in [-0.3, -0.25) is 4.79 Å². The van der Waals surface area contributed by atoms with Crippen molar-refractivity contribution >= 4 is 33.8 Å². The summed E-state index contributed by atoms with van der Waals surface area (Å²) in [7, 11) is 0. The lowest BCUT2D eigenvalue weighted by atomic mass is 10.1. The largest absolute Gasteiger partial charge is 0.482 e. The van der Waals surface area contributed by atoms with E-state index in [1.807, 2.05) is 12.1 Å². The van der Waals surface area contributed by atoms with Crippen LogP contribution in [0.25, 0.3) is 6.08 Å². The van der Waals surface area contributed by atoms with Crippen molar-refractivity contribution in [3.8, 4) is 17.2 Å². The van der Waals surface area contributed by atoms with Gasteiger partial charge in [-0.2, -0.15) is 0 Å². The quantitative estimate of drug-likeness (QED) is 0.472. The van der Waals surface area contributed by atoms with E-state index in [1.165, 1.54) is 0 Å². The average molecular weight is 475 g/mol. The number of Topliss-reactive ketones (excluding diaryl/α,β-unsaturated/α-hetero) is 1. The van der Waals surface area contributed by atoms with Crippen LogP contribution in [0.15, 0.2) is 40.6 Å². The van der Waals surface area contributed by atoms with Gasteiger partial charge in [0.2, 0.25) is 5.78 Å². The number of fused-ring (bicyclic) bond motifs is 2. The van der Waals surface area contributed by atoms with Crippen molar-refractivity contribution in [1.82, 2.24) is 0 Å². The molecule has 2 aromatic rings. The van der Waals surface area contributed by atoms with Crippen LogP contribution in [0.3, 0.4) is 0 Å². The maximum Gasteiger partial charge on any atom is 0.344 e. The van der Waals surface area contributed by atoms with Crippen molar-refractivity contribution in [2.75, 3.05) is 13.4 Å². The van der Waals surface area contributed by atoms with Gasteiger partial charge >= 0.3 is 5.97 Å². The summed E-state index contributed by atoms with van der Waals surface area (Å²) in [6, 6.07) is 8.58. The molecule has 7 nitrogen and oxygen atoms in total.